The second-order valence-corrected chi connectivity index (χ2v) is 7.64. The van der Waals surface area contributed by atoms with Crippen molar-refractivity contribution in [2.45, 2.75) is 45.1 Å². The zero-order chi connectivity index (χ0) is 20.9. The molecule has 0 saturated heterocycles. The van der Waals surface area contributed by atoms with Gasteiger partial charge in [-0.2, -0.15) is 4.98 Å². The SMILES string of the molecule is Cc1c(Nc2cc(-c3ccccc3)nc(NC3CCCCC3)n2)cccc1[N+](=O)[O-]. The highest BCUT2D eigenvalue weighted by molar-refractivity contribution is 5.70. The summed E-state index contributed by atoms with van der Waals surface area (Å²) in [5.41, 5.74) is 3.10. The lowest BCUT2D eigenvalue weighted by atomic mass is 9.96. The van der Waals surface area contributed by atoms with Crippen molar-refractivity contribution < 1.29 is 4.92 Å². The Kier molecular flexibility index (Phi) is 5.88. The van der Waals surface area contributed by atoms with E-state index >= 15 is 0 Å². The van der Waals surface area contributed by atoms with Gasteiger partial charge in [-0.1, -0.05) is 55.7 Å². The Bertz CT molecular complexity index is 1030. The highest BCUT2D eigenvalue weighted by atomic mass is 16.6. The van der Waals surface area contributed by atoms with Gasteiger partial charge in [-0.25, -0.2) is 4.98 Å². The summed E-state index contributed by atoms with van der Waals surface area (Å²) in [6, 6.07) is 17.2. The number of nitrogens with zero attached hydrogens (tertiary/aromatic N) is 3. The number of aromatic nitrogens is 2. The van der Waals surface area contributed by atoms with Crippen LogP contribution >= 0.6 is 0 Å². The van der Waals surface area contributed by atoms with Crippen LogP contribution in [0.4, 0.5) is 23.1 Å². The third-order valence-corrected chi connectivity index (χ3v) is 5.50. The molecule has 3 aromatic rings. The minimum atomic E-state index is -0.369. The van der Waals surface area contributed by atoms with E-state index in [4.69, 9.17) is 4.98 Å². The lowest BCUT2D eigenvalue weighted by Crippen LogP contribution is -2.23. The van der Waals surface area contributed by atoms with Crippen molar-refractivity contribution in [3.8, 4) is 11.3 Å². The average Bonchev–Trinajstić information content (AvgIpc) is 2.76. The van der Waals surface area contributed by atoms with Gasteiger partial charge in [0, 0.05) is 29.4 Å². The van der Waals surface area contributed by atoms with E-state index in [2.05, 4.69) is 15.6 Å². The first-order valence-electron chi connectivity index (χ1n) is 10.3. The van der Waals surface area contributed by atoms with Crippen molar-refractivity contribution in [1.82, 2.24) is 9.97 Å². The van der Waals surface area contributed by atoms with Crippen LogP contribution in [-0.4, -0.2) is 20.9 Å². The third-order valence-electron chi connectivity index (χ3n) is 5.50. The summed E-state index contributed by atoms with van der Waals surface area (Å²) in [4.78, 5) is 20.3. The number of anilines is 3. The van der Waals surface area contributed by atoms with Crippen LogP contribution in [-0.2, 0) is 0 Å². The van der Waals surface area contributed by atoms with Crippen molar-refractivity contribution in [1.29, 1.82) is 0 Å². The van der Waals surface area contributed by atoms with Crippen LogP contribution in [0.1, 0.15) is 37.7 Å². The lowest BCUT2D eigenvalue weighted by Gasteiger charge is -2.23. The van der Waals surface area contributed by atoms with Crippen molar-refractivity contribution in [3.63, 3.8) is 0 Å². The zero-order valence-corrected chi connectivity index (χ0v) is 17.0. The van der Waals surface area contributed by atoms with Gasteiger partial charge in [-0.05, 0) is 25.8 Å². The molecule has 2 N–H and O–H groups in total. The topological polar surface area (TPSA) is 93.0 Å². The summed E-state index contributed by atoms with van der Waals surface area (Å²) in [7, 11) is 0. The van der Waals surface area contributed by atoms with Crippen LogP contribution in [0.2, 0.25) is 0 Å². The molecule has 154 valence electrons. The number of benzene rings is 2. The summed E-state index contributed by atoms with van der Waals surface area (Å²) in [5, 5.41) is 18.0. The fourth-order valence-corrected chi connectivity index (χ4v) is 3.86. The van der Waals surface area contributed by atoms with Crippen molar-refractivity contribution >= 4 is 23.1 Å². The van der Waals surface area contributed by atoms with Gasteiger partial charge in [0.1, 0.15) is 5.82 Å². The molecule has 0 amide bonds. The van der Waals surface area contributed by atoms with E-state index < -0.39 is 0 Å². The second-order valence-electron chi connectivity index (χ2n) is 7.64. The molecule has 2 aromatic carbocycles. The molecule has 4 rings (SSSR count). The van der Waals surface area contributed by atoms with Crippen LogP contribution in [0, 0.1) is 17.0 Å². The van der Waals surface area contributed by atoms with Gasteiger partial charge in [0.15, 0.2) is 0 Å². The molecule has 0 atom stereocenters. The molecule has 30 heavy (non-hydrogen) atoms. The van der Waals surface area contributed by atoms with Crippen LogP contribution < -0.4 is 10.6 Å². The van der Waals surface area contributed by atoms with Crippen molar-refractivity contribution in [2.24, 2.45) is 0 Å². The highest BCUT2D eigenvalue weighted by Gasteiger charge is 2.17. The molecular weight excluding hydrogens is 378 g/mol. The standard InChI is InChI=1S/C23H25N5O2/c1-16-19(13-8-14-21(16)28(29)30)25-22-15-20(17-9-4-2-5-10-17)26-23(27-22)24-18-11-6-3-7-12-18/h2,4-5,8-10,13-15,18H,3,6-7,11-12H2,1H3,(H2,24,25,26,27). The number of hydrogen-bond acceptors (Lipinski definition) is 6. The largest absolute Gasteiger partial charge is 0.351 e. The van der Waals surface area contributed by atoms with Gasteiger partial charge in [0.2, 0.25) is 5.95 Å². The first-order chi connectivity index (χ1) is 14.6. The predicted octanol–water partition coefficient (Wildman–Crippen LogP) is 5.85. The summed E-state index contributed by atoms with van der Waals surface area (Å²) < 4.78 is 0. The van der Waals surface area contributed by atoms with Crippen LogP contribution in [0.25, 0.3) is 11.3 Å². The number of nitro benzene ring substituents is 1. The van der Waals surface area contributed by atoms with Gasteiger partial charge >= 0.3 is 0 Å². The lowest BCUT2D eigenvalue weighted by molar-refractivity contribution is -0.385. The minimum Gasteiger partial charge on any atom is -0.351 e. The van der Waals surface area contributed by atoms with Gasteiger partial charge in [-0.3, -0.25) is 10.1 Å². The van der Waals surface area contributed by atoms with E-state index in [0.717, 1.165) is 24.1 Å². The summed E-state index contributed by atoms with van der Waals surface area (Å²) in [6.45, 7) is 1.74. The molecule has 1 aliphatic rings. The Balaban J connectivity index is 1.69. The second kappa shape index (κ2) is 8.90. The molecule has 7 nitrogen and oxygen atoms in total. The van der Waals surface area contributed by atoms with Crippen molar-refractivity contribution in [3.05, 3.63) is 70.3 Å². The monoisotopic (exact) mass is 403 g/mol. The van der Waals surface area contributed by atoms with Crippen LogP contribution in [0.3, 0.4) is 0 Å². The van der Waals surface area contributed by atoms with Gasteiger partial charge in [-0.15, -0.1) is 0 Å². The molecule has 0 aliphatic heterocycles. The van der Waals surface area contributed by atoms with E-state index in [9.17, 15) is 10.1 Å². The van der Waals surface area contributed by atoms with Crippen LogP contribution in [0.5, 0.6) is 0 Å². The number of nitrogens with one attached hydrogen (secondary N) is 2. The molecule has 0 spiro atoms. The van der Waals surface area contributed by atoms with E-state index in [-0.39, 0.29) is 10.6 Å². The first kappa shape index (κ1) is 19.8. The third kappa shape index (κ3) is 4.56. The number of rotatable bonds is 6. The minimum absolute atomic E-state index is 0.0814. The molecule has 1 saturated carbocycles. The maximum absolute atomic E-state index is 11.3. The molecule has 1 aromatic heterocycles. The molecule has 0 radical (unpaired) electrons. The van der Waals surface area contributed by atoms with E-state index in [1.807, 2.05) is 42.5 Å². The summed E-state index contributed by atoms with van der Waals surface area (Å²) in [5.74, 6) is 1.18. The fraction of sp³-hybridized carbons (Fsp3) is 0.304. The Morgan fingerprint density at radius 1 is 1.00 bits per heavy atom. The molecule has 1 heterocycles. The Labute approximate surface area is 175 Å². The smallest absolute Gasteiger partial charge is 0.274 e. The first-order valence-corrected chi connectivity index (χ1v) is 10.3. The molecule has 1 fully saturated rings. The summed E-state index contributed by atoms with van der Waals surface area (Å²) >= 11 is 0. The normalized spacial score (nSPS) is 14.3. The highest BCUT2D eigenvalue weighted by Crippen LogP contribution is 2.30. The Hall–Kier alpha value is -3.48. The predicted molar refractivity (Wildman–Crippen MR) is 119 cm³/mol. The number of nitro groups is 1. The maximum Gasteiger partial charge on any atom is 0.274 e. The zero-order valence-electron chi connectivity index (χ0n) is 17.0. The van der Waals surface area contributed by atoms with Gasteiger partial charge in [0.25, 0.3) is 5.69 Å². The molecule has 0 bridgehead atoms. The fourth-order valence-electron chi connectivity index (χ4n) is 3.86. The quantitative estimate of drug-likeness (QED) is 0.396. The van der Waals surface area contributed by atoms with E-state index in [1.54, 1.807) is 13.0 Å². The summed E-state index contributed by atoms with van der Waals surface area (Å²) in [6.07, 6.45) is 5.95. The number of hydrogen-bond donors (Lipinski definition) is 2. The van der Waals surface area contributed by atoms with E-state index in [1.165, 1.54) is 25.3 Å². The van der Waals surface area contributed by atoms with Gasteiger partial charge in [0.05, 0.1) is 16.2 Å². The maximum atomic E-state index is 11.3. The average molecular weight is 403 g/mol. The Morgan fingerprint density at radius 2 is 1.77 bits per heavy atom. The molecule has 1 aliphatic carbocycles. The molecular formula is C23H25N5O2. The Morgan fingerprint density at radius 3 is 2.50 bits per heavy atom. The molecule has 7 heteroatoms. The van der Waals surface area contributed by atoms with Crippen LogP contribution in [0.15, 0.2) is 54.6 Å². The van der Waals surface area contributed by atoms with Crippen molar-refractivity contribution in [2.75, 3.05) is 10.6 Å². The van der Waals surface area contributed by atoms with E-state index in [0.29, 0.717) is 29.1 Å². The molecule has 0 unspecified atom stereocenters. The van der Waals surface area contributed by atoms with Gasteiger partial charge < -0.3 is 10.6 Å².